The van der Waals surface area contributed by atoms with E-state index < -0.39 is 5.97 Å². The summed E-state index contributed by atoms with van der Waals surface area (Å²) in [6.45, 7) is 4.07. The first-order chi connectivity index (χ1) is 6.63. The van der Waals surface area contributed by atoms with Gasteiger partial charge in [0.25, 0.3) is 6.01 Å². The number of aromatic nitrogens is 1. The van der Waals surface area contributed by atoms with Crippen molar-refractivity contribution in [1.82, 2.24) is 4.98 Å². The van der Waals surface area contributed by atoms with Crippen molar-refractivity contribution in [3.63, 3.8) is 0 Å². The Hall–Kier alpha value is -1.52. The van der Waals surface area contributed by atoms with Crippen molar-refractivity contribution in [2.24, 2.45) is 0 Å². The Morgan fingerprint density at radius 1 is 1.79 bits per heavy atom. The molecule has 0 aliphatic rings. The van der Waals surface area contributed by atoms with Gasteiger partial charge in [0.2, 0.25) is 0 Å². The maximum absolute atomic E-state index is 10.5. The molecule has 1 rings (SSSR count). The van der Waals surface area contributed by atoms with Gasteiger partial charge in [0.15, 0.2) is 5.69 Å². The molecule has 1 aromatic rings. The highest BCUT2D eigenvalue weighted by Crippen LogP contribution is 2.10. The van der Waals surface area contributed by atoms with Crippen LogP contribution in [0, 0.1) is 0 Å². The van der Waals surface area contributed by atoms with Crippen LogP contribution in [-0.2, 0) is 0 Å². The van der Waals surface area contributed by atoms with Crippen LogP contribution in [0.15, 0.2) is 10.7 Å². The van der Waals surface area contributed by atoms with Gasteiger partial charge < -0.3 is 14.8 Å². The van der Waals surface area contributed by atoms with Gasteiger partial charge in [-0.05, 0) is 13.3 Å². The van der Waals surface area contributed by atoms with Crippen molar-refractivity contribution >= 4 is 12.0 Å². The van der Waals surface area contributed by atoms with Gasteiger partial charge in [-0.1, -0.05) is 13.3 Å². The summed E-state index contributed by atoms with van der Waals surface area (Å²) in [5.74, 6) is -1.08. The van der Waals surface area contributed by atoms with Gasteiger partial charge in [0.05, 0.1) is 0 Å². The predicted octanol–water partition coefficient (Wildman–Crippen LogP) is 1.97. The Balaban J connectivity index is 2.55. The number of carbonyl (C=O) groups is 1. The zero-order chi connectivity index (χ0) is 10.6. The van der Waals surface area contributed by atoms with E-state index in [-0.39, 0.29) is 17.8 Å². The monoisotopic (exact) mass is 198 g/mol. The molecule has 5 heteroatoms. The summed E-state index contributed by atoms with van der Waals surface area (Å²) in [4.78, 5) is 14.2. The lowest BCUT2D eigenvalue weighted by Gasteiger charge is -2.09. The molecule has 0 aromatic carbocycles. The number of rotatable bonds is 5. The minimum absolute atomic E-state index is 0.0730. The molecule has 0 saturated carbocycles. The van der Waals surface area contributed by atoms with E-state index >= 15 is 0 Å². The number of hydrogen-bond donors (Lipinski definition) is 2. The molecule has 5 nitrogen and oxygen atoms in total. The molecule has 0 bridgehead atoms. The fourth-order valence-electron chi connectivity index (χ4n) is 1.15. The molecule has 78 valence electrons. The Bertz CT molecular complexity index is 309. The van der Waals surface area contributed by atoms with Crippen molar-refractivity contribution < 1.29 is 14.3 Å². The Labute approximate surface area is 82.1 Å². The average Bonchev–Trinajstić information content (AvgIpc) is 2.53. The fourth-order valence-corrected chi connectivity index (χ4v) is 1.15. The molecular weight excluding hydrogens is 184 g/mol. The minimum atomic E-state index is -1.08. The highest BCUT2D eigenvalue weighted by molar-refractivity contribution is 5.85. The average molecular weight is 198 g/mol. The second kappa shape index (κ2) is 4.64. The van der Waals surface area contributed by atoms with Gasteiger partial charge in [-0.2, -0.15) is 4.98 Å². The molecule has 1 atom stereocenters. The van der Waals surface area contributed by atoms with E-state index in [0.717, 1.165) is 19.1 Å². The van der Waals surface area contributed by atoms with Gasteiger partial charge in [-0.25, -0.2) is 4.79 Å². The van der Waals surface area contributed by atoms with Crippen molar-refractivity contribution in [2.45, 2.75) is 32.7 Å². The summed E-state index contributed by atoms with van der Waals surface area (Å²) in [6.07, 6.45) is 3.18. The van der Waals surface area contributed by atoms with Gasteiger partial charge in [0, 0.05) is 6.04 Å². The highest BCUT2D eigenvalue weighted by atomic mass is 16.4. The van der Waals surface area contributed by atoms with Crippen LogP contribution in [0.5, 0.6) is 0 Å². The number of carboxylic acid groups (broad SMARTS) is 1. The number of oxazole rings is 1. The van der Waals surface area contributed by atoms with E-state index in [1.807, 2.05) is 6.92 Å². The first-order valence-electron chi connectivity index (χ1n) is 4.58. The molecule has 0 amide bonds. The van der Waals surface area contributed by atoms with E-state index in [1.54, 1.807) is 0 Å². The number of nitrogens with zero attached hydrogens (tertiary/aromatic N) is 1. The molecule has 0 aliphatic carbocycles. The number of nitrogens with one attached hydrogen (secondary N) is 1. The van der Waals surface area contributed by atoms with Gasteiger partial charge in [-0.3, -0.25) is 0 Å². The molecular formula is C9H14N2O3. The zero-order valence-corrected chi connectivity index (χ0v) is 8.28. The fraction of sp³-hybridized carbons (Fsp3) is 0.556. The third-order valence-corrected chi connectivity index (χ3v) is 1.81. The second-order valence-corrected chi connectivity index (χ2v) is 3.18. The SMILES string of the molecule is CCCC(C)Nc1nc(C(=O)O)co1. The quantitative estimate of drug-likeness (QED) is 0.756. The van der Waals surface area contributed by atoms with E-state index in [9.17, 15) is 4.79 Å². The second-order valence-electron chi connectivity index (χ2n) is 3.18. The van der Waals surface area contributed by atoms with E-state index in [4.69, 9.17) is 9.52 Å². The molecule has 0 spiro atoms. The van der Waals surface area contributed by atoms with Crippen LogP contribution in [0.25, 0.3) is 0 Å². The number of anilines is 1. The first kappa shape index (κ1) is 10.6. The number of hydrogen-bond acceptors (Lipinski definition) is 4. The largest absolute Gasteiger partial charge is 0.476 e. The van der Waals surface area contributed by atoms with Crippen LogP contribution in [0.3, 0.4) is 0 Å². The maximum Gasteiger partial charge on any atom is 0.357 e. The van der Waals surface area contributed by atoms with Crippen LogP contribution in [0.4, 0.5) is 6.01 Å². The molecule has 14 heavy (non-hydrogen) atoms. The zero-order valence-electron chi connectivity index (χ0n) is 8.28. The lowest BCUT2D eigenvalue weighted by molar-refractivity contribution is 0.0690. The smallest absolute Gasteiger partial charge is 0.357 e. The van der Waals surface area contributed by atoms with E-state index in [0.29, 0.717) is 0 Å². The van der Waals surface area contributed by atoms with Crippen LogP contribution in [0.1, 0.15) is 37.2 Å². The lowest BCUT2D eigenvalue weighted by Crippen LogP contribution is -2.14. The molecule has 0 fully saturated rings. The number of aromatic carboxylic acids is 1. The normalized spacial score (nSPS) is 12.4. The van der Waals surface area contributed by atoms with Crippen LogP contribution >= 0.6 is 0 Å². The molecule has 0 radical (unpaired) electrons. The third-order valence-electron chi connectivity index (χ3n) is 1.81. The predicted molar refractivity (Wildman–Crippen MR) is 51.5 cm³/mol. The van der Waals surface area contributed by atoms with Crippen LogP contribution in [-0.4, -0.2) is 22.1 Å². The van der Waals surface area contributed by atoms with Gasteiger partial charge >= 0.3 is 5.97 Å². The molecule has 0 aliphatic heterocycles. The molecule has 0 saturated heterocycles. The third kappa shape index (κ3) is 2.76. The summed E-state index contributed by atoms with van der Waals surface area (Å²) >= 11 is 0. The summed E-state index contributed by atoms with van der Waals surface area (Å²) in [5.41, 5.74) is -0.0730. The summed E-state index contributed by atoms with van der Waals surface area (Å²) in [5, 5.41) is 11.6. The Kier molecular flexibility index (Phi) is 3.50. The Morgan fingerprint density at radius 3 is 3.00 bits per heavy atom. The van der Waals surface area contributed by atoms with Crippen molar-refractivity contribution in [2.75, 3.05) is 5.32 Å². The Morgan fingerprint density at radius 2 is 2.50 bits per heavy atom. The van der Waals surface area contributed by atoms with Crippen molar-refractivity contribution in [3.8, 4) is 0 Å². The maximum atomic E-state index is 10.5. The van der Waals surface area contributed by atoms with E-state index in [1.165, 1.54) is 0 Å². The van der Waals surface area contributed by atoms with Crippen molar-refractivity contribution in [3.05, 3.63) is 12.0 Å². The first-order valence-corrected chi connectivity index (χ1v) is 4.58. The summed E-state index contributed by atoms with van der Waals surface area (Å²) in [6, 6.07) is 0.503. The van der Waals surface area contributed by atoms with Gasteiger partial charge in [0.1, 0.15) is 6.26 Å². The summed E-state index contributed by atoms with van der Waals surface area (Å²) in [7, 11) is 0. The molecule has 1 unspecified atom stereocenters. The molecule has 1 aromatic heterocycles. The van der Waals surface area contributed by atoms with Crippen molar-refractivity contribution in [1.29, 1.82) is 0 Å². The molecule has 2 N–H and O–H groups in total. The van der Waals surface area contributed by atoms with Gasteiger partial charge in [-0.15, -0.1) is 0 Å². The van der Waals surface area contributed by atoms with Crippen LogP contribution < -0.4 is 5.32 Å². The van der Waals surface area contributed by atoms with Crippen LogP contribution in [0.2, 0.25) is 0 Å². The standard InChI is InChI=1S/C9H14N2O3/c1-3-4-6(2)10-9-11-7(5-14-9)8(12)13/h5-6H,3-4H2,1-2H3,(H,10,11)(H,12,13). The minimum Gasteiger partial charge on any atom is -0.476 e. The highest BCUT2D eigenvalue weighted by Gasteiger charge is 2.11. The molecule has 1 heterocycles. The topological polar surface area (TPSA) is 75.4 Å². The lowest BCUT2D eigenvalue weighted by atomic mass is 10.2. The summed E-state index contributed by atoms with van der Waals surface area (Å²) < 4.78 is 4.94. The number of carboxylic acids is 1. The van der Waals surface area contributed by atoms with E-state index in [2.05, 4.69) is 17.2 Å².